The predicted molar refractivity (Wildman–Crippen MR) is 127 cm³/mol. The molecule has 1 fully saturated rings. The van der Waals surface area contributed by atoms with Crippen LogP contribution in [0.5, 0.6) is 0 Å². The Morgan fingerprint density at radius 3 is 2.66 bits per heavy atom. The van der Waals surface area contributed by atoms with Crippen LogP contribution < -0.4 is 4.90 Å². The maximum Gasteiger partial charge on any atom is 0.273 e. The van der Waals surface area contributed by atoms with E-state index in [2.05, 4.69) is 4.98 Å². The molecule has 1 aromatic heterocycles. The lowest BCUT2D eigenvalue weighted by molar-refractivity contribution is 0.0625. The zero-order valence-corrected chi connectivity index (χ0v) is 19.7. The standard InChI is InChI=1S/C23H21Cl2N3O3S/c1-31-13-17-5-4-12-27(17)22(30)20-14-32-23(26-20)28(16-10-8-15(24)9-11-16)21(29)18-6-2-3-7-19(18)25/h2-3,6-11,14,17H,4-5,12-13H2,1H3/t17-/m0/s1. The van der Waals surface area contributed by atoms with Crippen molar-refractivity contribution in [3.63, 3.8) is 0 Å². The topological polar surface area (TPSA) is 62.7 Å². The molecule has 166 valence electrons. The first-order valence-corrected chi connectivity index (χ1v) is 11.7. The molecule has 0 spiro atoms. The zero-order valence-electron chi connectivity index (χ0n) is 17.3. The van der Waals surface area contributed by atoms with Crippen molar-refractivity contribution in [2.45, 2.75) is 18.9 Å². The molecule has 0 bridgehead atoms. The lowest BCUT2D eigenvalue weighted by Crippen LogP contribution is -2.38. The van der Waals surface area contributed by atoms with Gasteiger partial charge in [0.05, 0.1) is 28.9 Å². The molecule has 0 saturated carbocycles. The highest BCUT2D eigenvalue weighted by atomic mass is 35.5. The number of hydrogen-bond acceptors (Lipinski definition) is 5. The Labute approximate surface area is 200 Å². The average molecular weight is 490 g/mol. The molecule has 1 saturated heterocycles. The van der Waals surface area contributed by atoms with E-state index >= 15 is 0 Å². The smallest absolute Gasteiger partial charge is 0.273 e. The molecule has 2 aromatic carbocycles. The van der Waals surface area contributed by atoms with Gasteiger partial charge in [-0.25, -0.2) is 4.98 Å². The van der Waals surface area contributed by atoms with Gasteiger partial charge in [0, 0.05) is 24.1 Å². The van der Waals surface area contributed by atoms with Gasteiger partial charge in [-0.15, -0.1) is 11.3 Å². The first-order valence-electron chi connectivity index (χ1n) is 10.1. The monoisotopic (exact) mass is 489 g/mol. The molecule has 3 aromatic rings. The SMILES string of the molecule is COC[C@@H]1CCCN1C(=O)c1csc(N(C(=O)c2ccccc2Cl)c2ccc(Cl)cc2)n1. The Morgan fingerprint density at radius 2 is 1.94 bits per heavy atom. The lowest BCUT2D eigenvalue weighted by Gasteiger charge is -2.23. The third kappa shape index (κ3) is 4.66. The molecule has 1 aliphatic heterocycles. The minimum atomic E-state index is -0.343. The predicted octanol–water partition coefficient (Wildman–Crippen LogP) is 5.68. The van der Waals surface area contributed by atoms with E-state index in [0.717, 1.165) is 12.8 Å². The van der Waals surface area contributed by atoms with E-state index in [9.17, 15) is 9.59 Å². The number of carbonyl (C=O) groups is 2. The van der Waals surface area contributed by atoms with Gasteiger partial charge in [0.1, 0.15) is 5.69 Å². The molecule has 0 unspecified atom stereocenters. The summed E-state index contributed by atoms with van der Waals surface area (Å²) in [5.41, 5.74) is 1.22. The molecule has 32 heavy (non-hydrogen) atoms. The van der Waals surface area contributed by atoms with Gasteiger partial charge in [-0.3, -0.25) is 14.5 Å². The van der Waals surface area contributed by atoms with Crippen LogP contribution in [-0.2, 0) is 4.74 Å². The van der Waals surface area contributed by atoms with Gasteiger partial charge >= 0.3 is 0 Å². The Hall–Kier alpha value is -2.45. The number of nitrogens with zero attached hydrogens (tertiary/aromatic N) is 3. The summed E-state index contributed by atoms with van der Waals surface area (Å²) < 4.78 is 5.26. The van der Waals surface area contributed by atoms with Crippen molar-refractivity contribution < 1.29 is 14.3 Å². The van der Waals surface area contributed by atoms with E-state index in [0.29, 0.717) is 45.3 Å². The van der Waals surface area contributed by atoms with Crippen molar-refractivity contribution in [3.05, 3.63) is 75.2 Å². The van der Waals surface area contributed by atoms with E-state index in [1.54, 1.807) is 65.9 Å². The second-order valence-corrected chi connectivity index (χ2v) is 9.04. The van der Waals surface area contributed by atoms with E-state index in [1.165, 1.54) is 16.2 Å². The molecule has 0 aliphatic carbocycles. The molecule has 2 amide bonds. The molecular weight excluding hydrogens is 469 g/mol. The Morgan fingerprint density at radius 1 is 1.19 bits per heavy atom. The van der Waals surface area contributed by atoms with Crippen molar-refractivity contribution in [1.82, 2.24) is 9.88 Å². The lowest BCUT2D eigenvalue weighted by atomic mass is 10.2. The van der Waals surface area contributed by atoms with Gasteiger partial charge in [0.15, 0.2) is 5.13 Å². The van der Waals surface area contributed by atoms with Crippen LogP contribution in [0.2, 0.25) is 10.0 Å². The van der Waals surface area contributed by atoms with Crippen LogP contribution in [0.1, 0.15) is 33.7 Å². The zero-order chi connectivity index (χ0) is 22.7. The Balaban J connectivity index is 1.69. The van der Waals surface area contributed by atoms with Crippen molar-refractivity contribution in [2.75, 3.05) is 25.2 Å². The van der Waals surface area contributed by atoms with Crippen molar-refractivity contribution >= 4 is 57.2 Å². The van der Waals surface area contributed by atoms with Gasteiger partial charge in [0.2, 0.25) is 0 Å². The van der Waals surface area contributed by atoms with Crippen molar-refractivity contribution in [1.29, 1.82) is 0 Å². The number of amides is 2. The number of methoxy groups -OCH3 is 1. The maximum atomic E-state index is 13.5. The second kappa shape index (κ2) is 10.0. The van der Waals surface area contributed by atoms with Gasteiger partial charge in [-0.1, -0.05) is 35.3 Å². The first-order chi connectivity index (χ1) is 15.5. The van der Waals surface area contributed by atoms with Crippen LogP contribution in [0.3, 0.4) is 0 Å². The van der Waals surface area contributed by atoms with Crippen LogP contribution in [0.4, 0.5) is 10.8 Å². The number of halogens is 2. The fourth-order valence-corrected chi connectivity index (χ4v) is 4.90. The number of rotatable bonds is 6. The molecule has 0 radical (unpaired) electrons. The number of anilines is 2. The number of ether oxygens (including phenoxy) is 1. The third-order valence-corrected chi connectivity index (χ3v) is 6.70. The van der Waals surface area contributed by atoms with Crippen molar-refractivity contribution in [2.24, 2.45) is 0 Å². The summed E-state index contributed by atoms with van der Waals surface area (Å²) in [7, 11) is 1.63. The highest BCUT2D eigenvalue weighted by molar-refractivity contribution is 7.14. The highest BCUT2D eigenvalue weighted by Gasteiger charge is 2.32. The van der Waals surface area contributed by atoms with Gasteiger partial charge < -0.3 is 9.64 Å². The largest absolute Gasteiger partial charge is 0.383 e. The summed E-state index contributed by atoms with van der Waals surface area (Å²) in [5.74, 6) is -0.502. The Kier molecular flexibility index (Phi) is 7.10. The quantitative estimate of drug-likeness (QED) is 0.446. The summed E-state index contributed by atoms with van der Waals surface area (Å²) in [6.07, 6.45) is 1.83. The van der Waals surface area contributed by atoms with E-state index in [-0.39, 0.29) is 17.9 Å². The fourth-order valence-electron chi connectivity index (χ4n) is 3.74. The number of carbonyl (C=O) groups excluding carboxylic acids is 2. The minimum Gasteiger partial charge on any atom is -0.383 e. The summed E-state index contributed by atoms with van der Waals surface area (Å²) >= 11 is 13.6. The van der Waals surface area contributed by atoms with E-state index in [1.807, 2.05) is 0 Å². The molecule has 9 heteroatoms. The summed E-state index contributed by atoms with van der Waals surface area (Å²) in [5, 5.41) is 2.95. The van der Waals surface area contributed by atoms with Crippen LogP contribution in [0.15, 0.2) is 53.9 Å². The van der Waals surface area contributed by atoms with Gasteiger partial charge in [-0.05, 0) is 49.2 Å². The summed E-state index contributed by atoms with van der Waals surface area (Å²) in [4.78, 5) is 34.4. The molecule has 0 N–H and O–H groups in total. The highest BCUT2D eigenvalue weighted by Crippen LogP contribution is 2.33. The van der Waals surface area contributed by atoms with Crippen LogP contribution >= 0.6 is 34.5 Å². The number of benzene rings is 2. The molecule has 1 atom stereocenters. The van der Waals surface area contributed by atoms with Gasteiger partial charge in [0.25, 0.3) is 11.8 Å². The second-order valence-electron chi connectivity index (χ2n) is 7.36. The number of hydrogen-bond donors (Lipinski definition) is 0. The molecule has 2 heterocycles. The summed E-state index contributed by atoms with van der Waals surface area (Å²) in [6.45, 7) is 1.16. The third-order valence-electron chi connectivity index (χ3n) is 5.29. The fraction of sp³-hybridized carbons (Fsp3) is 0.261. The molecular formula is C23H21Cl2N3O3S. The molecule has 4 rings (SSSR count). The number of thiazole rings is 1. The summed E-state index contributed by atoms with van der Waals surface area (Å²) in [6, 6.07) is 13.7. The van der Waals surface area contributed by atoms with Crippen LogP contribution in [-0.4, -0.2) is 48.0 Å². The van der Waals surface area contributed by atoms with E-state index < -0.39 is 0 Å². The van der Waals surface area contributed by atoms with Gasteiger partial charge in [-0.2, -0.15) is 0 Å². The molecule has 1 aliphatic rings. The minimum absolute atomic E-state index is 0.0368. The van der Waals surface area contributed by atoms with Crippen LogP contribution in [0.25, 0.3) is 0 Å². The molecule has 6 nitrogen and oxygen atoms in total. The van der Waals surface area contributed by atoms with Crippen LogP contribution in [0, 0.1) is 0 Å². The normalized spacial score (nSPS) is 15.7. The average Bonchev–Trinajstić information content (AvgIpc) is 3.45. The maximum absolute atomic E-state index is 13.5. The number of aromatic nitrogens is 1. The van der Waals surface area contributed by atoms with E-state index in [4.69, 9.17) is 27.9 Å². The number of likely N-dealkylation sites (tertiary alicyclic amines) is 1. The first kappa shape index (κ1) is 22.7. The van der Waals surface area contributed by atoms with Crippen molar-refractivity contribution in [3.8, 4) is 0 Å². The Bertz CT molecular complexity index is 1120.